The van der Waals surface area contributed by atoms with Crippen LogP contribution in [0, 0.1) is 0 Å². The van der Waals surface area contributed by atoms with E-state index in [1.54, 1.807) is 20.5 Å². The quantitative estimate of drug-likeness (QED) is 0.452. The van der Waals surface area contributed by atoms with Crippen LogP contribution in [-0.2, 0) is 6.42 Å². The summed E-state index contributed by atoms with van der Waals surface area (Å²) in [6.45, 7) is 0. The molecule has 2 aromatic heterocycles. The number of rotatable bonds is 7. The minimum atomic E-state index is -0.0879. The first-order valence-corrected chi connectivity index (χ1v) is 11.2. The van der Waals surface area contributed by atoms with Gasteiger partial charge < -0.3 is 0 Å². The number of nitrogens with one attached hydrogen (secondary N) is 1. The van der Waals surface area contributed by atoms with Crippen molar-refractivity contribution in [3.05, 3.63) is 60.4 Å². The van der Waals surface area contributed by atoms with Gasteiger partial charge in [0, 0.05) is 0 Å². The van der Waals surface area contributed by atoms with E-state index in [1.807, 2.05) is 24.3 Å². The molecule has 4 rings (SSSR count). The van der Waals surface area contributed by atoms with Crippen LogP contribution in [0.25, 0.3) is 22.3 Å². The second-order valence-corrected chi connectivity index (χ2v) is 8.78. The fraction of sp³-hybridized carbons (Fsp3) is 0.190. The first kappa shape index (κ1) is 18.5. The number of aryl methyl sites for hydroxylation is 1. The van der Waals surface area contributed by atoms with Gasteiger partial charge >= 0.3 is 170 Å². The number of ether oxygens (including phenoxy) is 2. The second kappa shape index (κ2) is 8.44. The summed E-state index contributed by atoms with van der Waals surface area (Å²) in [5.41, 5.74) is 5.13. The zero-order valence-corrected chi connectivity index (χ0v) is 17.6. The summed E-state index contributed by atoms with van der Waals surface area (Å²) < 4.78 is 11.6. The third kappa shape index (κ3) is 4.18. The Kier molecular flexibility index (Phi) is 5.58. The van der Waals surface area contributed by atoms with Gasteiger partial charge in [0.05, 0.1) is 0 Å². The number of nitrogens with zero attached hydrogens (tertiary/aromatic N) is 3. The van der Waals surface area contributed by atoms with Crippen LogP contribution < -0.4 is 14.0 Å². The molecule has 0 fully saturated rings. The van der Waals surface area contributed by atoms with E-state index >= 15 is 0 Å². The Bertz CT molecular complexity index is 1080. The van der Waals surface area contributed by atoms with Gasteiger partial charge in [-0.1, -0.05) is 0 Å². The number of methoxy groups -OCH3 is 2. The van der Waals surface area contributed by atoms with Gasteiger partial charge in [-0.2, -0.15) is 0 Å². The molecule has 0 bridgehead atoms. The number of fused-ring (bicyclic) bond motifs is 1. The monoisotopic (exact) mass is 435 g/mol. The van der Waals surface area contributed by atoms with Gasteiger partial charge in [-0.3, -0.25) is 0 Å². The SMILES string of the molecule is COc1ccc(CC[As]c2cc(-c3ccc4nc[nH]c4c3)nc(OC)n2)cc1. The summed E-state index contributed by atoms with van der Waals surface area (Å²) >= 11 is -0.0879. The van der Waals surface area contributed by atoms with E-state index in [-0.39, 0.29) is 15.8 Å². The summed E-state index contributed by atoms with van der Waals surface area (Å²) in [6, 6.07) is 16.8. The molecule has 1 N–H and O–H groups in total. The molecule has 0 amide bonds. The number of aromatic nitrogens is 4. The van der Waals surface area contributed by atoms with Crippen molar-refractivity contribution in [3.8, 4) is 23.0 Å². The Balaban J connectivity index is 1.51. The van der Waals surface area contributed by atoms with Crippen LogP contribution in [0.5, 0.6) is 11.8 Å². The predicted octanol–water partition coefficient (Wildman–Crippen LogP) is 3.03. The fourth-order valence-corrected chi connectivity index (χ4v) is 4.95. The molecule has 0 aliphatic heterocycles. The van der Waals surface area contributed by atoms with Crippen molar-refractivity contribution in [3.63, 3.8) is 0 Å². The van der Waals surface area contributed by atoms with Crippen molar-refractivity contribution in [1.82, 2.24) is 19.9 Å². The number of aromatic amines is 1. The second-order valence-electron chi connectivity index (χ2n) is 6.21. The van der Waals surface area contributed by atoms with Crippen molar-refractivity contribution in [2.45, 2.75) is 11.6 Å². The van der Waals surface area contributed by atoms with Crippen molar-refractivity contribution < 1.29 is 9.47 Å². The van der Waals surface area contributed by atoms with E-state index < -0.39 is 0 Å². The third-order valence-electron chi connectivity index (χ3n) is 4.42. The van der Waals surface area contributed by atoms with Crippen LogP contribution in [0.2, 0.25) is 5.21 Å². The van der Waals surface area contributed by atoms with Gasteiger partial charge in [0.25, 0.3) is 0 Å². The first-order chi connectivity index (χ1) is 13.7. The van der Waals surface area contributed by atoms with E-state index in [2.05, 4.69) is 44.2 Å². The van der Waals surface area contributed by atoms with Gasteiger partial charge in [-0.25, -0.2) is 0 Å². The van der Waals surface area contributed by atoms with Crippen molar-refractivity contribution >= 4 is 31.3 Å². The van der Waals surface area contributed by atoms with Crippen LogP contribution in [-0.4, -0.2) is 49.9 Å². The van der Waals surface area contributed by atoms with Gasteiger partial charge in [0.15, 0.2) is 0 Å². The molecule has 2 heterocycles. The maximum atomic E-state index is 5.34. The van der Waals surface area contributed by atoms with Gasteiger partial charge in [0.2, 0.25) is 0 Å². The number of benzene rings is 2. The van der Waals surface area contributed by atoms with E-state index in [4.69, 9.17) is 9.47 Å². The standard InChI is InChI=1S/C21H20AsN4O2/c1-27-16-6-3-14(4-7-16)9-10-22-20-12-18(25-21(26-20)28-2)15-5-8-17-19(11-15)24-13-23-17/h3-8,11-13H,9-10H2,1-2H3,(H,23,24). The molecular formula is C21H20AsN4O2. The molecule has 7 heteroatoms. The number of imidazole rings is 1. The molecule has 28 heavy (non-hydrogen) atoms. The molecule has 0 saturated carbocycles. The van der Waals surface area contributed by atoms with Crippen molar-refractivity contribution in [2.24, 2.45) is 0 Å². The zero-order chi connectivity index (χ0) is 19.3. The maximum absolute atomic E-state index is 5.34. The molecule has 0 aliphatic carbocycles. The van der Waals surface area contributed by atoms with Crippen LogP contribution in [0.4, 0.5) is 0 Å². The molecule has 0 unspecified atom stereocenters. The number of hydrogen-bond donors (Lipinski definition) is 1. The summed E-state index contributed by atoms with van der Waals surface area (Å²) in [7, 11) is 3.29. The Hall–Kier alpha value is -2.85. The fourth-order valence-electron chi connectivity index (χ4n) is 2.92. The Morgan fingerprint density at radius 2 is 1.82 bits per heavy atom. The molecule has 141 valence electrons. The molecule has 0 saturated heterocycles. The average Bonchev–Trinajstić information content (AvgIpc) is 3.22. The molecular weight excluding hydrogens is 415 g/mol. The molecule has 1 radical (unpaired) electrons. The molecule has 2 aromatic carbocycles. The Morgan fingerprint density at radius 1 is 0.964 bits per heavy atom. The van der Waals surface area contributed by atoms with Crippen LogP contribution in [0.1, 0.15) is 5.56 Å². The summed E-state index contributed by atoms with van der Waals surface area (Å²) in [4.78, 5) is 16.5. The van der Waals surface area contributed by atoms with Crippen molar-refractivity contribution in [2.75, 3.05) is 14.2 Å². The normalized spacial score (nSPS) is 11.4. The Labute approximate surface area is 170 Å². The minimum absolute atomic E-state index is 0.0879. The van der Waals surface area contributed by atoms with E-state index in [0.717, 1.165) is 44.2 Å². The van der Waals surface area contributed by atoms with Crippen LogP contribution in [0.15, 0.2) is 54.9 Å². The third-order valence-corrected chi connectivity index (χ3v) is 6.52. The van der Waals surface area contributed by atoms with E-state index in [0.29, 0.717) is 6.01 Å². The topological polar surface area (TPSA) is 72.9 Å². The average molecular weight is 435 g/mol. The molecule has 0 atom stereocenters. The molecule has 6 nitrogen and oxygen atoms in total. The van der Waals surface area contributed by atoms with Crippen molar-refractivity contribution in [1.29, 1.82) is 0 Å². The molecule has 0 spiro atoms. The van der Waals surface area contributed by atoms with Gasteiger partial charge in [-0.15, -0.1) is 0 Å². The summed E-state index contributed by atoms with van der Waals surface area (Å²) in [5, 5.41) is 1.09. The number of hydrogen-bond acceptors (Lipinski definition) is 5. The predicted molar refractivity (Wildman–Crippen MR) is 111 cm³/mol. The van der Waals surface area contributed by atoms with Crippen LogP contribution >= 0.6 is 0 Å². The molecule has 0 aliphatic rings. The zero-order valence-electron chi connectivity index (χ0n) is 15.7. The van der Waals surface area contributed by atoms with E-state index in [1.165, 1.54) is 5.56 Å². The first-order valence-electron chi connectivity index (χ1n) is 8.92. The number of H-pyrrole nitrogens is 1. The van der Waals surface area contributed by atoms with Crippen LogP contribution in [0.3, 0.4) is 0 Å². The summed E-state index contributed by atoms with van der Waals surface area (Å²) in [6.07, 6.45) is 2.72. The van der Waals surface area contributed by atoms with E-state index in [9.17, 15) is 0 Å². The Morgan fingerprint density at radius 3 is 2.61 bits per heavy atom. The van der Waals surface area contributed by atoms with Gasteiger partial charge in [-0.05, 0) is 0 Å². The summed E-state index contributed by atoms with van der Waals surface area (Å²) in [5.74, 6) is 0.886. The molecule has 4 aromatic rings. The van der Waals surface area contributed by atoms with Gasteiger partial charge in [0.1, 0.15) is 0 Å².